The molecule has 0 amide bonds. The predicted octanol–water partition coefficient (Wildman–Crippen LogP) is 19.0. The second kappa shape index (κ2) is 60.6. The number of hydrogen-bond donors (Lipinski definition) is 3. The fraction of sp³-hybridized carbons (Fsp3) is 0.940. The molecule has 0 aromatic heterocycles. The van der Waals surface area contributed by atoms with E-state index in [1.165, 1.54) is 167 Å². The maximum absolute atomic E-state index is 13.0. The number of rotatable bonds is 67. The lowest BCUT2D eigenvalue weighted by molar-refractivity contribution is -0.161. The average molecular weight is 1270 g/mol. The highest BCUT2D eigenvalue weighted by molar-refractivity contribution is 7.47. The molecule has 0 rings (SSSR count). The molecule has 0 aliphatic rings. The predicted molar refractivity (Wildman–Crippen MR) is 345 cm³/mol. The molecule has 0 saturated carbocycles. The maximum atomic E-state index is 13.0. The number of aliphatic hydroxyl groups excluding tert-OH is 1. The van der Waals surface area contributed by atoms with E-state index in [0.29, 0.717) is 25.7 Å². The minimum absolute atomic E-state index is 0.103. The van der Waals surface area contributed by atoms with E-state index in [1.807, 2.05) is 0 Å². The van der Waals surface area contributed by atoms with Crippen LogP contribution in [0, 0.1) is 5.92 Å². The molecule has 0 bridgehead atoms. The SMILES string of the molecule is CCCCCCCCCCCCCCCCC(=O)O[C@H](COC(=O)CCCCCCCCCCCCCCC)COP(=O)(O)OC[C@@H](O)COP(=O)(O)OC[C@@H](COC(=O)CCCCCCCCCCC)OC(=O)CCCCCCCCC(C)CC. The average Bonchev–Trinajstić information content (AvgIpc) is 3.55. The van der Waals surface area contributed by atoms with E-state index in [-0.39, 0.29) is 25.7 Å². The van der Waals surface area contributed by atoms with Crippen molar-refractivity contribution >= 4 is 39.5 Å². The maximum Gasteiger partial charge on any atom is 0.472 e. The van der Waals surface area contributed by atoms with Crippen molar-refractivity contribution in [2.24, 2.45) is 5.92 Å². The number of unbranched alkanes of at least 4 members (excludes halogenated alkanes) is 38. The summed E-state index contributed by atoms with van der Waals surface area (Å²) >= 11 is 0. The normalized spacial score (nSPS) is 14.5. The van der Waals surface area contributed by atoms with Gasteiger partial charge in [-0.25, -0.2) is 9.13 Å². The molecule has 3 N–H and O–H groups in total. The van der Waals surface area contributed by atoms with Crippen LogP contribution in [0.4, 0.5) is 0 Å². The fourth-order valence-electron chi connectivity index (χ4n) is 10.1. The monoisotopic (exact) mass is 1270 g/mol. The standard InChI is InChI=1S/C67H130O17P2/c1-6-10-13-16-19-22-24-26-28-30-33-36-42-47-52-66(71)83-62(56-78-65(70)51-46-41-35-32-29-27-25-23-20-17-14-11-7-2)58-81-85(73,74)79-54-61(68)55-80-86(75,76)82-59-63(57-77-64(69)50-45-40-34-31-21-18-15-12-8-3)84-67(72)53-48-43-38-37-39-44-49-60(5)9-4/h60-63,68H,6-59H2,1-5H3,(H,73,74)(H,75,76)/t60?,61-,62-,63-/m1/s1. The van der Waals surface area contributed by atoms with Crippen molar-refractivity contribution in [2.45, 2.75) is 361 Å². The number of ether oxygens (including phenoxy) is 4. The molecule has 510 valence electrons. The first-order valence-corrected chi connectivity index (χ1v) is 38.2. The van der Waals surface area contributed by atoms with Gasteiger partial charge >= 0.3 is 39.5 Å². The Morgan fingerprint density at radius 1 is 0.326 bits per heavy atom. The zero-order valence-corrected chi connectivity index (χ0v) is 57.2. The van der Waals surface area contributed by atoms with E-state index in [0.717, 1.165) is 95.8 Å². The lowest BCUT2D eigenvalue weighted by Crippen LogP contribution is -2.30. The molecule has 0 radical (unpaired) electrons. The summed E-state index contributed by atoms with van der Waals surface area (Å²) < 4.78 is 68.1. The van der Waals surface area contributed by atoms with Crippen molar-refractivity contribution < 1.29 is 80.2 Å². The Hall–Kier alpha value is -1.94. The molecule has 19 heteroatoms. The highest BCUT2D eigenvalue weighted by Gasteiger charge is 2.30. The first-order chi connectivity index (χ1) is 41.6. The van der Waals surface area contributed by atoms with E-state index in [1.54, 1.807) is 0 Å². The number of phosphoric ester groups is 2. The molecule has 0 aliphatic carbocycles. The molecule has 6 atom stereocenters. The van der Waals surface area contributed by atoms with E-state index in [2.05, 4.69) is 34.6 Å². The summed E-state index contributed by atoms with van der Waals surface area (Å²) in [5.74, 6) is -1.41. The molecule has 0 heterocycles. The molecule has 0 saturated heterocycles. The van der Waals surface area contributed by atoms with E-state index in [4.69, 9.17) is 37.0 Å². The van der Waals surface area contributed by atoms with Crippen LogP contribution in [0.1, 0.15) is 343 Å². The third-order valence-corrected chi connectivity index (χ3v) is 17.8. The summed E-state index contributed by atoms with van der Waals surface area (Å²) in [5.41, 5.74) is 0. The third-order valence-electron chi connectivity index (χ3n) is 15.9. The second-order valence-electron chi connectivity index (χ2n) is 24.5. The number of carbonyl (C=O) groups excluding carboxylic acids is 4. The van der Waals surface area contributed by atoms with Gasteiger partial charge in [-0.05, 0) is 31.6 Å². The van der Waals surface area contributed by atoms with E-state index < -0.39 is 97.5 Å². The van der Waals surface area contributed by atoms with Gasteiger partial charge in [0.05, 0.1) is 26.4 Å². The van der Waals surface area contributed by atoms with Gasteiger partial charge in [-0.1, -0.05) is 291 Å². The first kappa shape index (κ1) is 84.1. The highest BCUT2D eigenvalue weighted by Crippen LogP contribution is 2.45. The van der Waals surface area contributed by atoms with Crippen molar-refractivity contribution in [3.05, 3.63) is 0 Å². The quantitative estimate of drug-likeness (QED) is 0.0222. The van der Waals surface area contributed by atoms with Crippen molar-refractivity contribution in [2.75, 3.05) is 39.6 Å². The van der Waals surface area contributed by atoms with Gasteiger partial charge in [0.15, 0.2) is 12.2 Å². The Morgan fingerprint density at radius 3 is 0.826 bits per heavy atom. The van der Waals surface area contributed by atoms with Gasteiger partial charge in [0, 0.05) is 25.7 Å². The van der Waals surface area contributed by atoms with Gasteiger partial charge in [-0.15, -0.1) is 0 Å². The Morgan fingerprint density at radius 2 is 0.558 bits per heavy atom. The lowest BCUT2D eigenvalue weighted by atomic mass is 10.00. The van der Waals surface area contributed by atoms with Crippen LogP contribution in [0.5, 0.6) is 0 Å². The van der Waals surface area contributed by atoms with Gasteiger partial charge in [-0.2, -0.15) is 0 Å². The van der Waals surface area contributed by atoms with Gasteiger partial charge < -0.3 is 33.8 Å². The van der Waals surface area contributed by atoms with E-state index in [9.17, 15) is 43.2 Å². The van der Waals surface area contributed by atoms with Gasteiger partial charge in [-0.3, -0.25) is 37.3 Å². The smallest absolute Gasteiger partial charge is 0.462 e. The molecule has 0 fully saturated rings. The van der Waals surface area contributed by atoms with Crippen LogP contribution >= 0.6 is 15.6 Å². The molecule has 17 nitrogen and oxygen atoms in total. The molecule has 0 aromatic rings. The largest absolute Gasteiger partial charge is 0.472 e. The molecular weight excluding hydrogens is 1140 g/mol. The van der Waals surface area contributed by atoms with Crippen LogP contribution in [-0.4, -0.2) is 96.7 Å². The second-order valence-corrected chi connectivity index (χ2v) is 27.4. The zero-order chi connectivity index (χ0) is 63.5. The minimum atomic E-state index is -4.95. The number of phosphoric acid groups is 2. The molecule has 0 aromatic carbocycles. The summed E-state index contributed by atoms with van der Waals surface area (Å²) in [7, 11) is -9.89. The fourth-order valence-corrected chi connectivity index (χ4v) is 11.7. The Kier molecular flexibility index (Phi) is 59.2. The summed E-state index contributed by atoms with van der Waals surface area (Å²) in [4.78, 5) is 72.3. The van der Waals surface area contributed by atoms with Crippen molar-refractivity contribution in [1.82, 2.24) is 0 Å². The molecule has 86 heavy (non-hydrogen) atoms. The van der Waals surface area contributed by atoms with Crippen LogP contribution in [0.25, 0.3) is 0 Å². The summed E-state index contributed by atoms with van der Waals surface area (Å²) in [5, 5.41) is 10.6. The van der Waals surface area contributed by atoms with Crippen LogP contribution in [0.2, 0.25) is 0 Å². The van der Waals surface area contributed by atoms with Crippen LogP contribution in [-0.2, 0) is 65.4 Å². The van der Waals surface area contributed by atoms with Crippen LogP contribution < -0.4 is 0 Å². The topological polar surface area (TPSA) is 237 Å². The Labute approximate surface area is 524 Å². The highest BCUT2D eigenvalue weighted by atomic mass is 31.2. The van der Waals surface area contributed by atoms with Gasteiger partial charge in [0.2, 0.25) is 0 Å². The molecule has 3 unspecified atom stereocenters. The third kappa shape index (κ3) is 59.7. The Bertz CT molecular complexity index is 1670. The lowest BCUT2D eigenvalue weighted by Gasteiger charge is -2.21. The van der Waals surface area contributed by atoms with Gasteiger partial charge in [0.25, 0.3) is 0 Å². The minimum Gasteiger partial charge on any atom is -0.462 e. The van der Waals surface area contributed by atoms with Crippen LogP contribution in [0.3, 0.4) is 0 Å². The number of esters is 4. The number of carbonyl (C=O) groups is 4. The summed E-state index contributed by atoms with van der Waals surface area (Å²) in [6, 6.07) is 0. The van der Waals surface area contributed by atoms with Crippen molar-refractivity contribution in [3.63, 3.8) is 0 Å². The number of hydrogen-bond acceptors (Lipinski definition) is 15. The summed E-state index contributed by atoms with van der Waals surface area (Å²) in [6.07, 6.45) is 45.7. The van der Waals surface area contributed by atoms with Crippen LogP contribution in [0.15, 0.2) is 0 Å². The summed E-state index contributed by atoms with van der Waals surface area (Å²) in [6.45, 7) is 7.16. The molecule has 0 spiro atoms. The zero-order valence-electron chi connectivity index (χ0n) is 55.4. The van der Waals surface area contributed by atoms with E-state index >= 15 is 0 Å². The van der Waals surface area contributed by atoms with Crippen molar-refractivity contribution in [3.8, 4) is 0 Å². The molecule has 0 aliphatic heterocycles. The van der Waals surface area contributed by atoms with Gasteiger partial charge in [0.1, 0.15) is 19.3 Å². The first-order valence-electron chi connectivity index (χ1n) is 35.2. The molecular formula is C67H130O17P2. The Balaban J connectivity index is 5.24. The van der Waals surface area contributed by atoms with Crippen molar-refractivity contribution in [1.29, 1.82) is 0 Å². The number of aliphatic hydroxyl groups is 1.